The number of nitrogens with one attached hydrogen (secondary N) is 1. The molecule has 0 aromatic heterocycles. The Morgan fingerprint density at radius 1 is 1.71 bits per heavy atom. The fourth-order valence-electron chi connectivity index (χ4n) is 1.29. The van der Waals surface area contributed by atoms with Gasteiger partial charge >= 0.3 is 5.97 Å². The molecule has 6 heteroatoms. The summed E-state index contributed by atoms with van der Waals surface area (Å²) in [6.45, 7) is 3.18. The Bertz CT molecular complexity index is 356. The topological polar surface area (TPSA) is 92.5 Å². The van der Waals surface area contributed by atoms with Gasteiger partial charge < -0.3 is 10.4 Å². The molecular weight excluding hydrogens is 188 g/mol. The minimum absolute atomic E-state index is 0.00213. The van der Waals surface area contributed by atoms with Gasteiger partial charge in [0.25, 0.3) is 5.70 Å². The van der Waals surface area contributed by atoms with E-state index in [9.17, 15) is 14.9 Å². The summed E-state index contributed by atoms with van der Waals surface area (Å²) in [5, 5.41) is 22.0. The van der Waals surface area contributed by atoms with Crippen LogP contribution in [0.5, 0.6) is 0 Å². The maximum absolute atomic E-state index is 10.7. The number of allylic oxidation sites excluding steroid dienone is 2. The van der Waals surface area contributed by atoms with Crippen LogP contribution in [0.15, 0.2) is 23.0 Å². The Morgan fingerprint density at radius 3 is 2.71 bits per heavy atom. The van der Waals surface area contributed by atoms with E-state index in [2.05, 4.69) is 5.32 Å². The van der Waals surface area contributed by atoms with Gasteiger partial charge in [-0.2, -0.15) is 0 Å². The van der Waals surface area contributed by atoms with E-state index < -0.39 is 16.9 Å². The summed E-state index contributed by atoms with van der Waals surface area (Å²) in [5.41, 5.74) is 0.190. The van der Waals surface area contributed by atoms with Gasteiger partial charge in [0, 0.05) is 6.08 Å². The summed E-state index contributed by atoms with van der Waals surface area (Å²) in [5.74, 6) is -1.14. The Balaban J connectivity index is 3.14. The zero-order valence-corrected chi connectivity index (χ0v) is 7.77. The quantitative estimate of drug-likeness (QED) is 0.497. The van der Waals surface area contributed by atoms with Gasteiger partial charge in [-0.25, -0.2) is 4.79 Å². The normalized spacial score (nSPS) is 21.3. The zero-order chi connectivity index (χ0) is 10.9. The lowest BCUT2D eigenvalue weighted by molar-refractivity contribution is -0.420. The van der Waals surface area contributed by atoms with E-state index in [4.69, 9.17) is 5.11 Å². The number of carbonyl (C=O) groups is 1. The molecule has 0 spiro atoms. The first-order chi connectivity index (χ1) is 6.43. The third kappa shape index (κ3) is 1.73. The molecule has 0 bridgehead atoms. The van der Waals surface area contributed by atoms with E-state index in [0.29, 0.717) is 5.70 Å². The number of hydrogen-bond donors (Lipinski definition) is 2. The van der Waals surface area contributed by atoms with Crippen molar-refractivity contribution in [2.75, 3.05) is 0 Å². The highest BCUT2D eigenvalue weighted by Crippen LogP contribution is 2.17. The van der Waals surface area contributed by atoms with Gasteiger partial charge in [-0.15, -0.1) is 0 Å². The van der Waals surface area contributed by atoms with Crippen molar-refractivity contribution in [3.05, 3.63) is 33.2 Å². The van der Waals surface area contributed by atoms with Crippen LogP contribution in [0.1, 0.15) is 13.8 Å². The smallest absolute Gasteiger partial charge is 0.333 e. The van der Waals surface area contributed by atoms with Crippen LogP contribution in [-0.4, -0.2) is 22.0 Å². The first kappa shape index (κ1) is 10.2. The number of dihydropyridines is 1. The van der Waals surface area contributed by atoms with E-state index in [-0.39, 0.29) is 11.3 Å². The fraction of sp³-hybridized carbons (Fsp3) is 0.375. The Kier molecular flexibility index (Phi) is 2.55. The lowest BCUT2D eigenvalue weighted by Gasteiger charge is -2.19. The second-order valence-electron chi connectivity index (χ2n) is 3.04. The maximum atomic E-state index is 10.7. The van der Waals surface area contributed by atoms with Gasteiger partial charge in [-0.1, -0.05) is 0 Å². The van der Waals surface area contributed by atoms with Gasteiger partial charge in [0.1, 0.15) is 0 Å². The SMILES string of the molecule is CC1=C([N+](=O)[O-])C=C(C(=O)O)C(C)N1. The van der Waals surface area contributed by atoms with Crippen LogP contribution in [0.3, 0.4) is 0 Å². The van der Waals surface area contributed by atoms with Crippen LogP contribution in [0.25, 0.3) is 0 Å². The molecule has 1 aliphatic rings. The van der Waals surface area contributed by atoms with Crippen LogP contribution in [0.4, 0.5) is 0 Å². The number of nitrogens with zero attached hydrogens (tertiary/aromatic N) is 1. The van der Waals surface area contributed by atoms with Crippen LogP contribution < -0.4 is 5.32 Å². The number of carboxylic acid groups (broad SMARTS) is 1. The van der Waals surface area contributed by atoms with Crippen molar-refractivity contribution in [1.29, 1.82) is 0 Å². The molecule has 76 valence electrons. The third-order valence-electron chi connectivity index (χ3n) is 2.02. The molecule has 0 saturated carbocycles. The van der Waals surface area contributed by atoms with Crippen LogP contribution in [0, 0.1) is 10.1 Å². The molecule has 1 rings (SSSR count). The summed E-state index contributed by atoms with van der Waals surface area (Å²) >= 11 is 0. The molecule has 1 aliphatic heterocycles. The number of carboxylic acids is 1. The monoisotopic (exact) mass is 198 g/mol. The Labute approximate surface area is 80.1 Å². The molecule has 1 unspecified atom stereocenters. The maximum Gasteiger partial charge on any atom is 0.333 e. The highest BCUT2D eigenvalue weighted by molar-refractivity contribution is 5.89. The molecule has 0 aliphatic carbocycles. The number of aliphatic carboxylic acids is 1. The average Bonchev–Trinajstić information content (AvgIpc) is 2.02. The zero-order valence-electron chi connectivity index (χ0n) is 7.77. The van der Waals surface area contributed by atoms with Crippen molar-refractivity contribution in [2.24, 2.45) is 0 Å². The van der Waals surface area contributed by atoms with E-state index >= 15 is 0 Å². The molecule has 1 atom stereocenters. The summed E-state index contributed by atoms with van der Waals surface area (Å²) in [7, 11) is 0. The van der Waals surface area contributed by atoms with Crippen LogP contribution in [0.2, 0.25) is 0 Å². The molecule has 6 nitrogen and oxygen atoms in total. The van der Waals surface area contributed by atoms with Gasteiger partial charge in [0.2, 0.25) is 0 Å². The summed E-state index contributed by atoms with van der Waals surface area (Å²) in [6.07, 6.45) is 1.10. The second-order valence-corrected chi connectivity index (χ2v) is 3.04. The predicted molar refractivity (Wildman–Crippen MR) is 48.0 cm³/mol. The molecule has 2 N–H and O–H groups in total. The molecule has 0 fully saturated rings. The van der Waals surface area contributed by atoms with Crippen molar-refractivity contribution in [2.45, 2.75) is 19.9 Å². The first-order valence-electron chi connectivity index (χ1n) is 4.00. The largest absolute Gasteiger partial charge is 0.478 e. The van der Waals surface area contributed by atoms with Gasteiger partial charge in [0.05, 0.1) is 22.2 Å². The molecule has 0 amide bonds. The molecule has 0 aromatic carbocycles. The van der Waals surface area contributed by atoms with E-state index in [1.165, 1.54) is 0 Å². The highest BCUT2D eigenvalue weighted by atomic mass is 16.6. The lowest BCUT2D eigenvalue weighted by Crippen LogP contribution is -2.34. The number of hydrogen-bond acceptors (Lipinski definition) is 4. The molecule has 0 saturated heterocycles. The van der Waals surface area contributed by atoms with Crippen LogP contribution in [-0.2, 0) is 4.79 Å². The molecule has 0 aromatic rings. The van der Waals surface area contributed by atoms with E-state index in [1.807, 2.05) is 0 Å². The van der Waals surface area contributed by atoms with E-state index in [1.54, 1.807) is 13.8 Å². The molecule has 0 radical (unpaired) electrons. The summed E-state index contributed by atoms with van der Waals surface area (Å²) in [6, 6.07) is -0.406. The fourth-order valence-corrected chi connectivity index (χ4v) is 1.29. The molecular formula is C8H10N2O4. The minimum atomic E-state index is -1.14. The second kappa shape index (κ2) is 3.49. The van der Waals surface area contributed by atoms with Gasteiger partial charge in [-0.05, 0) is 13.8 Å². The molecule has 1 heterocycles. The standard InChI is InChI=1S/C8H10N2O4/c1-4-6(8(11)12)3-7(10(13)14)5(2)9-4/h3-4,9H,1-2H3,(H,11,12). The number of rotatable bonds is 2. The van der Waals surface area contributed by atoms with Crippen LogP contribution >= 0.6 is 0 Å². The van der Waals surface area contributed by atoms with Gasteiger partial charge in [0.15, 0.2) is 0 Å². The van der Waals surface area contributed by atoms with Crippen molar-refractivity contribution in [1.82, 2.24) is 5.32 Å². The third-order valence-corrected chi connectivity index (χ3v) is 2.02. The van der Waals surface area contributed by atoms with E-state index in [0.717, 1.165) is 6.08 Å². The Morgan fingerprint density at radius 2 is 2.29 bits per heavy atom. The van der Waals surface area contributed by atoms with Gasteiger partial charge in [-0.3, -0.25) is 10.1 Å². The lowest BCUT2D eigenvalue weighted by atomic mass is 10.0. The number of nitro groups is 1. The Hall–Kier alpha value is -1.85. The van der Waals surface area contributed by atoms with Crippen molar-refractivity contribution < 1.29 is 14.8 Å². The molecule has 14 heavy (non-hydrogen) atoms. The van der Waals surface area contributed by atoms with Crippen molar-refractivity contribution in [3.63, 3.8) is 0 Å². The van der Waals surface area contributed by atoms with Crippen molar-refractivity contribution in [3.8, 4) is 0 Å². The minimum Gasteiger partial charge on any atom is -0.478 e. The highest BCUT2D eigenvalue weighted by Gasteiger charge is 2.27. The first-order valence-corrected chi connectivity index (χ1v) is 4.00. The summed E-state index contributed by atoms with van der Waals surface area (Å²) < 4.78 is 0. The average molecular weight is 198 g/mol. The van der Waals surface area contributed by atoms with Crippen molar-refractivity contribution >= 4 is 5.97 Å². The summed E-state index contributed by atoms with van der Waals surface area (Å²) in [4.78, 5) is 20.6. The predicted octanol–water partition coefficient (Wildman–Crippen LogP) is 0.497.